The molecule has 0 spiro atoms. The largest absolute Gasteiger partial charge is 0.481 e. The third kappa shape index (κ3) is 5.45. The first-order chi connectivity index (χ1) is 9.60. The maximum absolute atomic E-state index is 11.6. The SMILES string of the molecule is CC(C)C(C(=O)O)c1ccc(NC(=O)OC(C)(C)C)cc1. The quantitative estimate of drug-likeness (QED) is 0.884. The Morgan fingerprint density at radius 1 is 1.14 bits per heavy atom. The Morgan fingerprint density at radius 2 is 1.67 bits per heavy atom. The summed E-state index contributed by atoms with van der Waals surface area (Å²) in [6.45, 7) is 9.10. The molecule has 0 aliphatic rings. The molecule has 5 heteroatoms. The third-order valence-corrected chi connectivity index (χ3v) is 2.85. The Bertz CT molecular complexity index is 500. The zero-order chi connectivity index (χ0) is 16.2. The monoisotopic (exact) mass is 293 g/mol. The molecular formula is C16H23NO4. The van der Waals surface area contributed by atoms with Crippen molar-refractivity contribution in [1.82, 2.24) is 0 Å². The summed E-state index contributed by atoms with van der Waals surface area (Å²) in [4.78, 5) is 22.9. The minimum Gasteiger partial charge on any atom is -0.481 e. The predicted octanol–water partition coefficient (Wildman–Crippen LogP) is 3.86. The average molecular weight is 293 g/mol. The van der Waals surface area contributed by atoms with E-state index < -0.39 is 23.6 Å². The van der Waals surface area contributed by atoms with Gasteiger partial charge in [0.25, 0.3) is 0 Å². The summed E-state index contributed by atoms with van der Waals surface area (Å²) >= 11 is 0. The molecule has 0 aromatic heterocycles. The zero-order valence-electron chi connectivity index (χ0n) is 13.1. The van der Waals surface area contributed by atoms with Gasteiger partial charge in [0.05, 0.1) is 5.92 Å². The maximum atomic E-state index is 11.6. The van der Waals surface area contributed by atoms with Gasteiger partial charge in [-0.05, 0) is 44.4 Å². The van der Waals surface area contributed by atoms with Gasteiger partial charge >= 0.3 is 12.1 Å². The molecule has 1 atom stereocenters. The van der Waals surface area contributed by atoms with Crippen molar-refractivity contribution in [2.75, 3.05) is 5.32 Å². The normalized spacial score (nSPS) is 12.9. The summed E-state index contributed by atoms with van der Waals surface area (Å²) in [5.74, 6) is -1.41. The minimum atomic E-state index is -0.849. The van der Waals surface area contributed by atoms with E-state index in [1.807, 2.05) is 13.8 Å². The van der Waals surface area contributed by atoms with Crippen LogP contribution in [-0.2, 0) is 9.53 Å². The molecule has 0 saturated heterocycles. The number of amides is 1. The standard InChI is InChI=1S/C16H23NO4/c1-10(2)13(14(18)19)11-6-8-12(9-7-11)17-15(20)21-16(3,4)5/h6-10,13H,1-5H3,(H,17,20)(H,18,19). The molecule has 0 aliphatic carbocycles. The maximum Gasteiger partial charge on any atom is 0.412 e. The molecule has 0 fully saturated rings. The van der Waals surface area contributed by atoms with Gasteiger partial charge < -0.3 is 9.84 Å². The van der Waals surface area contributed by atoms with Crippen molar-refractivity contribution in [3.63, 3.8) is 0 Å². The fraction of sp³-hybridized carbons (Fsp3) is 0.500. The average Bonchev–Trinajstić information content (AvgIpc) is 2.27. The minimum absolute atomic E-state index is 0.00725. The molecule has 1 aromatic carbocycles. The number of nitrogens with one attached hydrogen (secondary N) is 1. The fourth-order valence-electron chi connectivity index (χ4n) is 2.01. The molecule has 0 bridgehead atoms. The van der Waals surface area contributed by atoms with E-state index >= 15 is 0 Å². The number of carbonyl (C=O) groups is 2. The molecule has 1 unspecified atom stereocenters. The van der Waals surface area contributed by atoms with Gasteiger partial charge in [-0.25, -0.2) is 4.79 Å². The second-order valence-corrected chi connectivity index (χ2v) is 6.31. The van der Waals surface area contributed by atoms with Gasteiger partial charge in [-0.2, -0.15) is 0 Å². The predicted molar refractivity (Wildman–Crippen MR) is 81.5 cm³/mol. The molecule has 0 radical (unpaired) electrons. The van der Waals surface area contributed by atoms with Crippen LogP contribution >= 0.6 is 0 Å². The Morgan fingerprint density at radius 3 is 2.05 bits per heavy atom. The van der Waals surface area contributed by atoms with E-state index in [2.05, 4.69) is 5.32 Å². The van der Waals surface area contributed by atoms with Crippen LogP contribution in [0, 0.1) is 5.92 Å². The van der Waals surface area contributed by atoms with Crippen molar-refractivity contribution >= 4 is 17.7 Å². The number of rotatable bonds is 4. The van der Waals surface area contributed by atoms with Gasteiger partial charge in [0.2, 0.25) is 0 Å². The van der Waals surface area contributed by atoms with Gasteiger partial charge in [0, 0.05) is 5.69 Å². The van der Waals surface area contributed by atoms with Crippen molar-refractivity contribution in [3.05, 3.63) is 29.8 Å². The molecular weight excluding hydrogens is 270 g/mol. The third-order valence-electron chi connectivity index (χ3n) is 2.85. The molecule has 116 valence electrons. The van der Waals surface area contributed by atoms with Gasteiger partial charge in [-0.3, -0.25) is 10.1 Å². The lowest BCUT2D eigenvalue weighted by Crippen LogP contribution is -2.27. The van der Waals surface area contributed by atoms with Crippen LogP contribution < -0.4 is 5.32 Å². The number of carboxylic acid groups (broad SMARTS) is 1. The van der Waals surface area contributed by atoms with Crippen molar-refractivity contribution in [2.24, 2.45) is 5.92 Å². The van der Waals surface area contributed by atoms with Gasteiger partial charge in [0.1, 0.15) is 5.60 Å². The fourth-order valence-corrected chi connectivity index (χ4v) is 2.01. The molecule has 1 amide bonds. The van der Waals surface area contributed by atoms with E-state index in [1.165, 1.54) is 0 Å². The summed E-state index contributed by atoms with van der Waals surface area (Å²) in [6.07, 6.45) is -0.533. The van der Waals surface area contributed by atoms with Crippen LogP contribution in [0.3, 0.4) is 0 Å². The van der Waals surface area contributed by atoms with E-state index in [0.717, 1.165) is 0 Å². The highest BCUT2D eigenvalue weighted by atomic mass is 16.6. The van der Waals surface area contributed by atoms with E-state index in [-0.39, 0.29) is 5.92 Å². The lowest BCUT2D eigenvalue weighted by Gasteiger charge is -2.20. The van der Waals surface area contributed by atoms with Crippen LogP contribution in [0.5, 0.6) is 0 Å². The Kier molecular flexibility index (Phi) is 5.35. The first-order valence-corrected chi connectivity index (χ1v) is 6.93. The number of carbonyl (C=O) groups excluding carboxylic acids is 1. The molecule has 0 aliphatic heterocycles. The molecule has 0 heterocycles. The van der Waals surface area contributed by atoms with Crippen LogP contribution in [0.1, 0.15) is 46.1 Å². The number of anilines is 1. The Balaban J connectivity index is 2.78. The zero-order valence-corrected chi connectivity index (χ0v) is 13.1. The number of carboxylic acids is 1. The second-order valence-electron chi connectivity index (χ2n) is 6.31. The summed E-state index contributed by atoms with van der Waals surface area (Å²) in [5.41, 5.74) is 0.726. The van der Waals surface area contributed by atoms with E-state index in [1.54, 1.807) is 45.0 Å². The van der Waals surface area contributed by atoms with Crippen molar-refractivity contribution in [3.8, 4) is 0 Å². The number of ether oxygens (including phenoxy) is 1. The van der Waals surface area contributed by atoms with Crippen molar-refractivity contribution in [2.45, 2.75) is 46.1 Å². The summed E-state index contributed by atoms with van der Waals surface area (Å²) in [7, 11) is 0. The first kappa shape index (κ1) is 17.0. The highest BCUT2D eigenvalue weighted by Gasteiger charge is 2.23. The summed E-state index contributed by atoms with van der Waals surface area (Å²) < 4.78 is 5.15. The first-order valence-electron chi connectivity index (χ1n) is 6.93. The second kappa shape index (κ2) is 6.61. The molecule has 1 rings (SSSR count). The summed E-state index contributed by atoms with van der Waals surface area (Å²) in [5, 5.41) is 11.9. The lowest BCUT2D eigenvalue weighted by atomic mass is 9.88. The molecule has 21 heavy (non-hydrogen) atoms. The highest BCUT2D eigenvalue weighted by Crippen LogP contribution is 2.26. The number of hydrogen-bond acceptors (Lipinski definition) is 3. The topological polar surface area (TPSA) is 75.6 Å². The number of benzene rings is 1. The van der Waals surface area contributed by atoms with Crippen LogP contribution in [0.2, 0.25) is 0 Å². The molecule has 1 aromatic rings. The van der Waals surface area contributed by atoms with Crippen molar-refractivity contribution in [1.29, 1.82) is 0 Å². The lowest BCUT2D eigenvalue weighted by molar-refractivity contribution is -0.139. The number of aliphatic carboxylic acids is 1. The smallest absolute Gasteiger partial charge is 0.412 e. The molecule has 0 saturated carbocycles. The molecule has 2 N–H and O–H groups in total. The Hall–Kier alpha value is -2.04. The van der Waals surface area contributed by atoms with Crippen molar-refractivity contribution < 1.29 is 19.4 Å². The van der Waals surface area contributed by atoms with Gasteiger partial charge in [0.15, 0.2) is 0 Å². The van der Waals surface area contributed by atoms with E-state index in [4.69, 9.17) is 4.74 Å². The number of hydrogen-bond donors (Lipinski definition) is 2. The van der Waals surface area contributed by atoms with Crippen LogP contribution in [0.15, 0.2) is 24.3 Å². The van der Waals surface area contributed by atoms with Gasteiger partial charge in [-0.1, -0.05) is 26.0 Å². The van der Waals surface area contributed by atoms with Crippen LogP contribution in [0.4, 0.5) is 10.5 Å². The summed E-state index contributed by atoms with van der Waals surface area (Å²) in [6, 6.07) is 6.78. The highest BCUT2D eigenvalue weighted by molar-refractivity contribution is 5.85. The Labute approximate surface area is 125 Å². The van der Waals surface area contributed by atoms with E-state index in [0.29, 0.717) is 11.3 Å². The molecule has 5 nitrogen and oxygen atoms in total. The van der Waals surface area contributed by atoms with E-state index in [9.17, 15) is 14.7 Å². The van der Waals surface area contributed by atoms with Crippen LogP contribution in [0.25, 0.3) is 0 Å². The van der Waals surface area contributed by atoms with Gasteiger partial charge in [-0.15, -0.1) is 0 Å². The van der Waals surface area contributed by atoms with Crippen LogP contribution in [-0.4, -0.2) is 22.8 Å².